The van der Waals surface area contributed by atoms with Crippen molar-refractivity contribution in [2.75, 3.05) is 20.1 Å². The second-order valence-corrected chi connectivity index (χ2v) is 9.03. The molecule has 128 valence electrons. The molecule has 8 heteroatoms. The molecule has 1 N–H and O–H groups in total. The Morgan fingerprint density at radius 2 is 2.22 bits per heavy atom. The molecule has 0 amide bonds. The fourth-order valence-electron chi connectivity index (χ4n) is 2.03. The summed E-state index contributed by atoms with van der Waals surface area (Å²) in [6.07, 6.45) is 0.992. The van der Waals surface area contributed by atoms with E-state index in [1.54, 1.807) is 11.3 Å². The number of rotatable bonds is 6. The summed E-state index contributed by atoms with van der Waals surface area (Å²) in [5, 5.41) is 6.58. The Labute approximate surface area is 177 Å². The number of nitrogens with one attached hydrogen (secondary N) is 1. The lowest BCUT2D eigenvalue weighted by molar-refractivity contribution is 0.471. The van der Waals surface area contributed by atoms with Crippen molar-refractivity contribution in [3.8, 4) is 0 Å². The average molecular weight is 576 g/mol. The number of nitrogens with zero attached hydrogens (tertiary/aromatic N) is 3. The van der Waals surface area contributed by atoms with Crippen molar-refractivity contribution in [1.29, 1.82) is 0 Å². The smallest absolute Gasteiger partial charge is 0.194 e. The molecule has 0 spiro atoms. The number of halogens is 2. The minimum Gasteiger partial charge on any atom is -0.357 e. The summed E-state index contributed by atoms with van der Waals surface area (Å²) in [5.41, 5.74) is 1.10. The van der Waals surface area contributed by atoms with Crippen LogP contribution in [0.1, 0.15) is 22.5 Å². The van der Waals surface area contributed by atoms with Crippen molar-refractivity contribution >= 4 is 75.2 Å². The first-order chi connectivity index (χ1) is 10.6. The van der Waals surface area contributed by atoms with E-state index in [-0.39, 0.29) is 24.0 Å². The van der Waals surface area contributed by atoms with E-state index in [0.717, 1.165) is 42.7 Å². The molecule has 2 aromatic heterocycles. The van der Waals surface area contributed by atoms with E-state index in [2.05, 4.69) is 69.3 Å². The second kappa shape index (κ2) is 10.8. The molecule has 0 radical (unpaired) electrons. The van der Waals surface area contributed by atoms with Gasteiger partial charge in [0.05, 0.1) is 20.1 Å². The molecular weight excluding hydrogens is 554 g/mol. The van der Waals surface area contributed by atoms with Gasteiger partial charge in [0.1, 0.15) is 0 Å². The van der Waals surface area contributed by atoms with E-state index >= 15 is 0 Å². The van der Waals surface area contributed by atoms with Gasteiger partial charge in [0, 0.05) is 36.8 Å². The Morgan fingerprint density at radius 1 is 1.43 bits per heavy atom. The van der Waals surface area contributed by atoms with Gasteiger partial charge in [-0.25, -0.2) is 4.98 Å². The van der Waals surface area contributed by atoms with E-state index in [1.165, 1.54) is 7.76 Å². The fraction of sp³-hybridized carbons (Fsp3) is 0.467. The summed E-state index contributed by atoms with van der Waals surface area (Å²) in [7, 11) is 2.06. The van der Waals surface area contributed by atoms with Crippen molar-refractivity contribution < 1.29 is 0 Å². The molecule has 23 heavy (non-hydrogen) atoms. The molecular formula is C15H22I2N4S2. The monoisotopic (exact) mass is 576 g/mol. The van der Waals surface area contributed by atoms with Crippen LogP contribution < -0.4 is 5.32 Å². The average Bonchev–Trinajstić information content (AvgIpc) is 3.06. The number of hydrogen-bond donors (Lipinski definition) is 1. The highest BCUT2D eigenvalue weighted by Gasteiger charge is 2.08. The van der Waals surface area contributed by atoms with Gasteiger partial charge in [-0.05, 0) is 48.6 Å². The molecule has 0 atom stereocenters. The molecule has 0 aliphatic rings. The number of thiazole rings is 1. The SMILES string of the molecule is CCNC(=NCCc1ccc(I)s1)N(C)Cc1csc(C)n1.I. The molecule has 2 rings (SSSR count). The van der Waals surface area contributed by atoms with Crippen LogP contribution in [-0.4, -0.2) is 36.0 Å². The molecule has 2 heterocycles. The highest BCUT2D eigenvalue weighted by atomic mass is 127. The van der Waals surface area contributed by atoms with Crippen LogP contribution in [0.3, 0.4) is 0 Å². The Morgan fingerprint density at radius 3 is 2.78 bits per heavy atom. The fourth-order valence-corrected chi connectivity index (χ4v) is 4.37. The molecule has 0 saturated heterocycles. The lowest BCUT2D eigenvalue weighted by Gasteiger charge is -2.21. The minimum absolute atomic E-state index is 0. The topological polar surface area (TPSA) is 40.5 Å². The van der Waals surface area contributed by atoms with Crippen LogP contribution in [0.2, 0.25) is 0 Å². The molecule has 2 aromatic rings. The van der Waals surface area contributed by atoms with Crippen LogP contribution in [-0.2, 0) is 13.0 Å². The molecule has 0 aliphatic carbocycles. The summed E-state index contributed by atoms with van der Waals surface area (Å²) >= 11 is 5.89. The van der Waals surface area contributed by atoms with Gasteiger partial charge in [-0.2, -0.15) is 0 Å². The van der Waals surface area contributed by atoms with Gasteiger partial charge in [0.15, 0.2) is 5.96 Å². The van der Waals surface area contributed by atoms with Gasteiger partial charge in [0.25, 0.3) is 0 Å². The van der Waals surface area contributed by atoms with Crippen molar-refractivity contribution in [2.24, 2.45) is 4.99 Å². The quantitative estimate of drug-likeness (QED) is 0.316. The number of aliphatic imine (C=N–C) groups is 1. The van der Waals surface area contributed by atoms with Crippen molar-refractivity contribution in [3.05, 3.63) is 36.0 Å². The number of thiophene rings is 1. The number of hydrogen-bond acceptors (Lipinski definition) is 4. The number of aromatic nitrogens is 1. The first-order valence-electron chi connectivity index (χ1n) is 7.23. The van der Waals surface area contributed by atoms with E-state index in [4.69, 9.17) is 4.99 Å². The maximum absolute atomic E-state index is 4.73. The van der Waals surface area contributed by atoms with Crippen molar-refractivity contribution in [2.45, 2.75) is 26.8 Å². The zero-order valence-corrected chi connectivity index (χ0v) is 19.6. The number of aryl methyl sites for hydroxylation is 1. The number of guanidine groups is 1. The zero-order valence-electron chi connectivity index (χ0n) is 13.5. The highest BCUT2D eigenvalue weighted by Crippen LogP contribution is 2.18. The summed E-state index contributed by atoms with van der Waals surface area (Å²) < 4.78 is 1.33. The van der Waals surface area contributed by atoms with Crippen LogP contribution in [0.25, 0.3) is 0 Å². The van der Waals surface area contributed by atoms with E-state index in [1.807, 2.05) is 18.3 Å². The summed E-state index contributed by atoms with van der Waals surface area (Å²) in [6.45, 7) is 6.59. The Bertz CT molecular complexity index is 625. The normalized spacial score (nSPS) is 11.2. The lowest BCUT2D eigenvalue weighted by atomic mass is 10.3. The third kappa shape index (κ3) is 7.22. The molecule has 0 unspecified atom stereocenters. The largest absolute Gasteiger partial charge is 0.357 e. The first kappa shape index (κ1) is 21.1. The first-order valence-corrected chi connectivity index (χ1v) is 10.0. The molecule has 0 aromatic carbocycles. The third-order valence-electron chi connectivity index (χ3n) is 3.01. The Kier molecular flexibility index (Phi) is 9.94. The summed E-state index contributed by atoms with van der Waals surface area (Å²) in [6, 6.07) is 4.35. The van der Waals surface area contributed by atoms with Crippen LogP contribution in [0.5, 0.6) is 0 Å². The van der Waals surface area contributed by atoms with Gasteiger partial charge in [-0.15, -0.1) is 46.7 Å². The van der Waals surface area contributed by atoms with Crippen LogP contribution in [0, 0.1) is 9.81 Å². The molecule has 0 aliphatic heterocycles. The van der Waals surface area contributed by atoms with Gasteiger partial charge in [0.2, 0.25) is 0 Å². The molecule has 0 saturated carbocycles. The zero-order chi connectivity index (χ0) is 15.9. The van der Waals surface area contributed by atoms with Crippen LogP contribution >= 0.6 is 69.2 Å². The molecule has 4 nitrogen and oxygen atoms in total. The summed E-state index contributed by atoms with van der Waals surface area (Å²) in [5.74, 6) is 0.944. The predicted molar refractivity (Wildman–Crippen MR) is 120 cm³/mol. The van der Waals surface area contributed by atoms with Gasteiger partial charge < -0.3 is 10.2 Å². The maximum atomic E-state index is 4.73. The van der Waals surface area contributed by atoms with E-state index in [0.29, 0.717) is 0 Å². The second-order valence-electron chi connectivity index (χ2n) is 4.91. The van der Waals surface area contributed by atoms with Gasteiger partial charge in [-0.3, -0.25) is 4.99 Å². The van der Waals surface area contributed by atoms with Crippen molar-refractivity contribution in [1.82, 2.24) is 15.2 Å². The maximum Gasteiger partial charge on any atom is 0.194 e. The van der Waals surface area contributed by atoms with Crippen LogP contribution in [0.15, 0.2) is 22.5 Å². The highest BCUT2D eigenvalue weighted by molar-refractivity contribution is 14.1. The third-order valence-corrected chi connectivity index (χ3v) is 5.79. The van der Waals surface area contributed by atoms with Gasteiger partial charge in [-0.1, -0.05) is 0 Å². The Hall–Kier alpha value is 0.0600. The predicted octanol–water partition coefficient (Wildman–Crippen LogP) is 4.38. The van der Waals surface area contributed by atoms with E-state index < -0.39 is 0 Å². The molecule has 0 fully saturated rings. The Balaban J connectivity index is 0.00000264. The minimum atomic E-state index is 0. The van der Waals surface area contributed by atoms with Gasteiger partial charge >= 0.3 is 0 Å². The summed E-state index contributed by atoms with van der Waals surface area (Å²) in [4.78, 5) is 12.8. The standard InChI is InChI=1S/C15H21IN4S2.HI/c1-4-17-15(18-8-7-13-5-6-14(16)22-13)20(3)9-12-10-21-11(2)19-12;/h5-6,10H,4,7-9H2,1-3H3,(H,17,18);1H. The van der Waals surface area contributed by atoms with E-state index in [9.17, 15) is 0 Å². The molecule has 0 bridgehead atoms. The van der Waals surface area contributed by atoms with Crippen molar-refractivity contribution in [3.63, 3.8) is 0 Å². The lowest BCUT2D eigenvalue weighted by Crippen LogP contribution is -2.38. The van der Waals surface area contributed by atoms with Crippen LogP contribution in [0.4, 0.5) is 0 Å².